The molecular formula is C14H14BrClN4O2. The number of rotatable bonds is 4. The smallest absolute Gasteiger partial charge is 0.252 e. The summed E-state index contributed by atoms with van der Waals surface area (Å²) in [5.41, 5.74) is 11.6. The molecule has 0 radical (unpaired) electrons. The zero-order chi connectivity index (χ0) is 15.6. The summed E-state index contributed by atoms with van der Waals surface area (Å²) >= 11 is 5.93. The Balaban J connectivity index is 0.00000242. The normalized spacial score (nSPS) is 9.86. The zero-order valence-electron chi connectivity index (χ0n) is 11.4. The van der Waals surface area contributed by atoms with Gasteiger partial charge in [-0.3, -0.25) is 15.0 Å². The zero-order valence-corrected chi connectivity index (χ0v) is 13.8. The summed E-state index contributed by atoms with van der Waals surface area (Å²) in [6.45, 7) is 0.265. The maximum Gasteiger partial charge on any atom is 0.252 e. The molecular weight excluding hydrogens is 372 g/mol. The Morgan fingerprint density at radius 3 is 2.45 bits per heavy atom. The van der Waals surface area contributed by atoms with Crippen LogP contribution in [0.1, 0.15) is 26.3 Å². The first-order chi connectivity index (χ1) is 9.88. The number of carbonyl (C=O) groups is 2. The van der Waals surface area contributed by atoms with Gasteiger partial charge in [-0.15, -0.1) is 17.0 Å². The Labute approximate surface area is 142 Å². The maximum atomic E-state index is 11.3. The van der Waals surface area contributed by atoms with Crippen LogP contribution in [0.15, 0.2) is 36.5 Å². The molecule has 0 bridgehead atoms. The lowest BCUT2D eigenvalue weighted by Gasteiger charge is -2.10. The van der Waals surface area contributed by atoms with Crippen molar-refractivity contribution in [3.63, 3.8) is 0 Å². The summed E-state index contributed by atoms with van der Waals surface area (Å²) in [5.74, 6) is -1.25. The predicted molar refractivity (Wildman–Crippen MR) is 88.2 cm³/mol. The number of aromatic nitrogens is 1. The van der Waals surface area contributed by atoms with Gasteiger partial charge in [0.25, 0.3) is 5.91 Å². The molecule has 8 heteroatoms. The van der Waals surface area contributed by atoms with E-state index >= 15 is 0 Å². The molecule has 0 spiro atoms. The molecule has 0 saturated carbocycles. The van der Waals surface area contributed by atoms with Crippen molar-refractivity contribution in [3.8, 4) is 0 Å². The molecule has 5 N–H and O–H groups in total. The van der Waals surface area contributed by atoms with Gasteiger partial charge in [-0.25, -0.2) is 0 Å². The molecule has 0 aliphatic carbocycles. The van der Waals surface area contributed by atoms with E-state index in [-0.39, 0.29) is 34.6 Å². The van der Waals surface area contributed by atoms with Crippen LogP contribution in [-0.2, 0) is 6.54 Å². The van der Waals surface area contributed by atoms with Crippen LogP contribution in [0.5, 0.6) is 0 Å². The monoisotopic (exact) mass is 384 g/mol. The van der Waals surface area contributed by atoms with Gasteiger partial charge in [-0.05, 0) is 23.8 Å². The maximum absolute atomic E-state index is 11.3. The molecule has 0 aliphatic rings. The number of pyridine rings is 1. The number of benzene rings is 1. The molecule has 0 unspecified atom stereocenters. The Bertz CT molecular complexity index is 789. The van der Waals surface area contributed by atoms with Crippen LogP contribution in [-0.4, -0.2) is 16.4 Å². The average Bonchev–Trinajstić information content (AvgIpc) is 2.42. The van der Waals surface area contributed by atoms with Crippen LogP contribution in [0.2, 0.25) is 5.02 Å². The highest BCUT2D eigenvalue weighted by molar-refractivity contribution is 8.93. The summed E-state index contributed by atoms with van der Waals surface area (Å²) in [5, 5.41) is 8.27. The van der Waals surface area contributed by atoms with Gasteiger partial charge in [-0.1, -0.05) is 23.7 Å². The number of nitrogens with one attached hydrogen (secondary N) is 1. The number of hydrogen-bond donors (Lipinski definition) is 3. The van der Waals surface area contributed by atoms with Crippen molar-refractivity contribution in [1.82, 2.24) is 4.57 Å². The van der Waals surface area contributed by atoms with Crippen molar-refractivity contribution < 1.29 is 9.59 Å². The molecule has 116 valence electrons. The first-order valence-electron chi connectivity index (χ1n) is 6.01. The first kappa shape index (κ1) is 17.9. The van der Waals surface area contributed by atoms with E-state index in [1.807, 2.05) is 0 Å². The lowest BCUT2D eigenvalue weighted by Crippen LogP contribution is -2.29. The summed E-state index contributed by atoms with van der Waals surface area (Å²) in [6.07, 6.45) is 1.52. The van der Waals surface area contributed by atoms with E-state index in [0.717, 1.165) is 5.56 Å². The minimum atomic E-state index is -0.720. The van der Waals surface area contributed by atoms with E-state index < -0.39 is 11.8 Å². The van der Waals surface area contributed by atoms with Crippen molar-refractivity contribution in [2.45, 2.75) is 6.54 Å². The second kappa shape index (κ2) is 7.24. The Morgan fingerprint density at radius 2 is 1.86 bits per heavy atom. The van der Waals surface area contributed by atoms with Gasteiger partial charge in [0.1, 0.15) is 5.49 Å². The largest absolute Gasteiger partial charge is 0.366 e. The standard InChI is InChI=1S/C14H13ClN4O2.BrH/c15-10-5-11(14(18)21)12(16)19(7-10)6-8-2-1-3-9(4-8)13(17)20;/h1-5,7,16H,6H2,(H2,17,20)(H2,18,21);1H. The topological polar surface area (TPSA) is 115 Å². The number of halogens is 2. The van der Waals surface area contributed by atoms with Crippen molar-refractivity contribution in [2.24, 2.45) is 11.5 Å². The highest BCUT2D eigenvalue weighted by atomic mass is 79.9. The van der Waals surface area contributed by atoms with Crippen molar-refractivity contribution >= 4 is 40.4 Å². The molecule has 2 aromatic rings. The van der Waals surface area contributed by atoms with Gasteiger partial charge in [0, 0.05) is 18.3 Å². The van der Waals surface area contributed by atoms with E-state index in [9.17, 15) is 9.59 Å². The van der Waals surface area contributed by atoms with Crippen LogP contribution >= 0.6 is 28.6 Å². The minimum Gasteiger partial charge on any atom is -0.366 e. The fourth-order valence-electron chi connectivity index (χ4n) is 1.94. The lowest BCUT2D eigenvalue weighted by atomic mass is 10.1. The third-order valence-corrected chi connectivity index (χ3v) is 3.14. The first-order valence-corrected chi connectivity index (χ1v) is 6.39. The van der Waals surface area contributed by atoms with Crippen molar-refractivity contribution in [3.05, 3.63) is 63.7 Å². The van der Waals surface area contributed by atoms with Crippen molar-refractivity contribution in [2.75, 3.05) is 0 Å². The second-order valence-electron chi connectivity index (χ2n) is 4.48. The number of amides is 2. The van der Waals surface area contributed by atoms with Crippen LogP contribution in [0.3, 0.4) is 0 Å². The van der Waals surface area contributed by atoms with Crippen LogP contribution in [0, 0.1) is 5.41 Å². The van der Waals surface area contributed by atoms with E-state index in [1.165, 1.54) is 16.8 Å². The van der Waals surface area contributed by atoms with Crippen LogP contribution in [0.4, 0.5) is 0 Å². The molecule has 1 heterocycles. The van der Waals surface area contributed by atoms with Crippen LogP contribution < -0.4 is 17.0 Å². The second-order valence-corrected chi connectivity index (χ2v) is 4.91. The molecule has 2 rings (SSSR count). The highest BCUT2D eigenvalue weighted by Crippen LogP contribution is 2.10. The molecule has 22 heavy (non-hydrogen) atoms. The van der Waals surface area contributed by atoms with Gasteiger partial charge in [0.05, 0.1) is 10.6 Å². The van der Waals surface area contributed by atoms with Crippen LogP contribution in [0.25, 0.3) is 0 Å². The number of carbonyl (C=O) groups excluding carboxylic acids is 2. The van der Waals surface area contributed by atoms with Gasteiger partial charge in [0.2, 0.25) is 5.91 Å². The Hall–Kier alpha value is -2.12. The molecule has 1 aromatic heterocycles. The number of nitrogens with zero attached hydrogens (tertiary/aromatic N) is 1. The SMILES string of the molecule is Br.N=c1c(C(N)=O)cc(Cl)cn1Cc1cccc(C(N)=O)c1. The van der Waals surface area contributed by atoms with E-state index in [1.54, 1.807) is 24.3 Å². The van der Waals surface area contributed by atoms with E-state index in [2.05, 4.69) is 0 Å². The molecule has 0 aliphatic heterocycles. The lowest BCUT2D eigenvalue weighted by molar-refractivity contribution is 0.0990. The quantitative estimate of drug-likeness (QED) is 0.739. The summed E-state index contributed by atoms with van der Waals surface area (Å²) < 4.78 is 1.47. The number of hydrogen-bond acceptors (Lipinski definition) is 3. The molecule has 0 fully saturated rings. The average molecular weight is 386 g/mol. The number of primary amides is 2. The highest BCUT2D eigenvalue weighted by Gasteiger charge is 2.09. The predicted octanol–water partition coefficient (Wildman–Crippen LogP) is 1.44. The fourth-order valence-corrected chi connectivity index (χ4v) is 2.17. The van der Waals surface area contributed by atoms with Gasteiger partial charge < -0.3 is 16.0 Å². The Morgan fingerprint density at radius 1 is 1.18 bits per heavy atom. The summed E-state index contributed by atoms with van der Waals surface area (Å²) in [7, 11) is 0. The molecule has 0 atom stereocenters. The molecule has 2 amide bonds. The third-order valence-electron chi connectivity index (χ3n) is 2.93. The van der Waals surface area contributed by atoms with E-state index in [0.29, 0.717) is 10.6 Å². The summed E-state index contributed by atoms with van der Waals surface area (Å²) in [4.78, 5) is 22.5. The molecule has 6 nitrogen and oxygen atoms in total. The Kier molecular flexibility index (Phi) is 5.90. The van der Waals surface area contributed by atoms with E-state index in [4.69, 9.17) is 28.5 Å². The molecule has 0 saturated heterocycles. The fraction of sp³-hybridized carbons (Fsp3) is 0.0714. The number of nitrogens with two attached hydrogens (primary N) is 2. The van der Waals surface area contributed by atoms with Gasteiger partial charge >= 0.3 is 0 Å². The summed E-state index contributed by atoms with van der Waals surface area (Å²) in [6, 6.07) is 8.05. The van der Waals surface area contributed by atoms with Crippen molar-refractivity contribution in [1.29, 1.82) is 5.41 Å². The molecule has 1 aromatic carbocycles. The van der Waals surface area contributed by atoms with Gasteiger partial charge in [-0.2, -0.15) is 0 Å². The van der Waals surface area contributed by atoms with Gasteiger partial charge in [0.15, 0.2) is 0 Å². The third kappa shape index (κ3) is 3.96. The minimum absolute atomic E-state index is 0.